The van der Waals surface area contributed by atoms with E-state index in [1.807, 2.05) is 20.2 Å². The molecule has 0 atom stereocenters. The molecule has 0 fully saturated rings. The topological polar surface area (TPSA) is 39.1 Å². The molecule has 0 aliphatic rings. The molecular weight excluding hydrogens is 202 g/mol. The quantitative estimate of drug-likeness (QED) is 0.829. The lowest BCUT2D eigenvalue weighted by Gasteiger charge is -2.20. The van der Waals surface area contributed by atoms with Gasteiger partial charge in [0.1, 0.15) is 5.82 Å². The number of hydrogen-bond donors (Lipinski definition) is 1. The van der Waals surface area contributed by atoms with E-state index in [2.05, 4.69) is 35.6 Å². The zero-order valence-corrected chi connectivity index (χ0v) is 11.0. The fourth-order valence-electron chi connectivity index (χ4n) is 1.59. The molecule has 4 nitrogen and oxygen atoms in total. The fourth-order valence-corrected chi connectivity index (χ4v) is 1.59. The summed E-state index contributed by atoms with van der Waals surface area (Å²) in [5.74, 6) is 1.04. The van der Waals surface area contributed by atoms with Crippen LogP contribution in [0.2, 0.25) is 0 Å². The third kappa shape index (κ3) is 3.94. The molecular formula is C12H23N3O. The Morgan fingerprint density at radius 2 is 2.12 bits per heavy atom. The Balaban J connectivity index is 2.55. The van der Waals surface area contributed by atoms with Crippen LogP contribution in [0.25, 0.3) is 0 Å². The zero-order chi connectivity index (χ0) is 12.2. The van der Waals surface area contributed by atoms with E-state index in [-0.39, 0.29) is 5.60 Å². The van der Waals surface area contributed by atoms with Crippen molar-refractivity contribution in [1.29, 1.82) is 0 Å². The van der Waals surface area contributed by atoms with Gasteiger partial charge in [0.2, 0.25) is 0 Å². The van der Waals surface area contributed by atoms with E-state index in [9.17, 15) is 0 Å². The minimum absolute atomic E-state index is 0.0718. The zero-order valence-electron chi connectivity index (χ0n) is 11.0. The molecule has 92 valence electrons. The van der Waals surface area contributed by atoms with E-state index in [0.717, 1.165) is 25.5 Å². The molecule has 1 rings (SSSR count). The summed E-state index contributed by atoms with van der Waals surface area (Å²) in [7, 11) is 1.94. The third-order valence-corrected chi connectivity index (χ3v) is 2.35. The van der Waals surface area contributed by atoms with Crippen molar-refractivity contribution in [2.45, 2.75) is 46.4 Å². The van der Waals surface area contributed by atoms with Crippen LogP contribution >= 0.6 is 0 Å². The van der Waals surface area contributed by atoms with E-state index in [0.29, 0.717) is 0 Å². The Labute approximate surface area is 98.0 Å². The molecule has 0 bridgehead atoms. The Morgan fingerprint density at radius 1 is 1.44 bits per heavy atom. The molecule has 0 saturated carbocycles. The number of nitrogens with zero attached hydrogens (tertiary/aromatic N) is 2. The minimum Gasteiger partial charge on any atom is -0.374 e. The lowest BCUT2D eigenvalue weighted by atomic mass is 10.2. The number of imidazole rings is 1. The summed E-state index contributed by atoms with van der Waals surface area (Å²) in [5, 5.41) is 3.14. The van der Waals surface area contributed by atoms with Crippen LogP contribution in [0.1, 0.15) is 32.3 Å². The summed E-state index contributed by atoms with van der Waals surface area (Å²) in [6.07, 6.45) is 1.92. The first-order valence-electron chi connectivity index (χ1n) is 5.73. The van der Waals surface area contributed by atoms with Crippen molar-refractivity contribution in [1.82, 2.24) is 14.9 Å². The normalized spacial score (nSPS) is 12.1. The SMILES string of the molecule is CNCc1cnc(C)n1CCOC(C)(C)C. The van der Waals surface area contributed by atoms with Crippen LogP contribution in [-0.2, 0) is 17.8 Å². The lowest BCUT2D eigenvalue weighted by Crippen LogP contribution is -2.23. The lowest BCUT2D eigenvalue weighted by molar-refractivity contribution is -0.00724. The van der Waals surface area contributed by atoms with Gasteiger partial charge in [-0.2, -0.15) is 0 Å². The first kappa shape index (κ1) is 13.2. The van der Waals surface area contributed by atoms with Crippen LogP contribution in [0, 0.1) is 6.92 Å². The monoisotopic (exact) mass is 225 g/mol. The summed E-state index contributed by atoms with van der Waals surface area (Å²) in [4.78, 5) is 4.32. The van der Waals surface area contributed by atoms with E-state index in [1.54, 1.807) is 0 Å². The molecule has 0 aromatic carbocycles. The number of rotatable bonds is 5. The maximum atomic E-state index is 5.72. The second-order valence-electron chi connectivity index (χ2n) is 4.94. The molecule has 0 unspecified atom stereocenters. The molecule has 4 heteroatoms. The number of hydrogen-bond acceptors (Lipinski definition) is 3. The van der Waals surface area contributed by atoms with Crippen molar-refractivity contribution in [2.24, 2.45) is 0 Å². The van der Waals surface area contributed by atoms with Crippen LogP contribution in [0.3, 0.4) is 0 Å². The van der Waals surface area contributed by atoms with Crippen LogP contribution in [0.5, 0.6) is 0 Å². The van der Waals surface area contributed by atoms with E-state index in [4.69, 9.17) is 4.74 Å². The highest BCUT2D eigenvalue weighted by atomic mass is 16.5. The summed E-state index contributed by atoms with van der Waals surface area (Å²) in [5.41, 5.74) is 1.13. The van der Waals surface area contributed by atoms with Gasteiger partial charge >= 0.3 is 0 Å². The highest BCUT2D eigenvalue weighted by Crippen LogP contribution is 2.09. The van der Waals surface area contributed by atoms with Gasteiger partial charge in [0.05, 0.1) is 17.9 Å². The molecule has 0 aliphatic carbocycles. The van der Waals surface area contributed by atoms with Gasteiger partial charge in [-0.1, -0.05) is 0 Å². The molecule has 1 aromatic heterocycles. The van der Waals surface area contributed by atoms with Crippen molar-refractivity contribution in [3.63, 3.8) is 0 Å². The predicted molar refractivity (Wildman–Crippen MR) is 65.4 cm³/mol. The standard InChI is InChI=1S/C12H23N3O/c1-10-14-9-11(8-13-5)15(10)6-7-16-12(2,3)4/h9,13H,6-8H2,1-5H3. The second kappa shape index (κ2) is 5.46. The van der Waals surface area contributed by atoms with Gasteiger partial charge < -0.3 is 14.6 Å². The molecule has 0 radical (unpaired) electrons. The maximum absolute atomic E-state index is 5.72. The predicted octanol–water partition coefficient (Wildman–Crippen LogP) is 1.73. The minimum atomic E-state index is -0.0718. The van der Waals surface area contributed by atoms with Crippen LogP contribution < -0.4 is 5.32 Å². The Morgan fingerprint density at radius 3 is 2.69 bits per heavy atom. The summed E-state index contributed by atoms with van der Waals surface area (Å²) in [6, 6.07) is 0. The van der Waals surface area contributed by atoms with Crippen LogP contribution in [-0.4, -0.2) is 28.8 Å². The molecule has 1 heterocycles. The molecule has 0 aliphatic heterocycles. The van der Waals surface area contributed by atoms with E-state index >= 15 is 0 Å². The van der Waals surface area contributed by atoms with Crippen molar-refractivity contribution in [3.05, 3.63) is 17.7 Å². The number of aryl methyl sites for hydroxylation is 1. The molecule has 0 saturated heterocycles. The fraction of sp³-hybridized carbons (Fsp3) is 0.750. The van der Waals surface area contributed by atoms with Crippen molar-refractivity contribution in [3.8, 4) is 0 Å². The van der Waals surface area contributed by atoms with Crippen molar-refractivity contribution in [2.75, 3.05) is 13.7 Å². The average molecular weight is 225 g/mol. The summed E-state index contributed by atoms with van der Waals surface area (Å²) >= 11 is 0. The van der Waals surface area contributed by atoms with Crippen LogP contribution in [0.4, 0.5) is 0 Å². The number of aromatic nitrogens is 2. The molecule has 0 amide bonds. The second-order valence-corrected chi connectivity index (χ2v) is 4.94. The Hall–Kier alpha value is -0.870. The van der Waals surface area contributed by atoms with E-state index < -0.39 is 0 Å². The smallest absolute Gasteiger partial charge is 0.105 e. The molecule has 16 heavy (non-hydrogen) atoms. The van der Waals surface area contributed by atoms with Gasteiger partial charge in [0.15, 0.2) is 0 Å². The third-order valence-electron chi connectivity index (χ3n) is 2.35. The summed E-state index contributed by atoms with van der Waals surface area (Å²) < 4.78 is 7.92. The van der Waals surface area contributed by atoms with Gasteiger partial charge in [0, 0.05) is 19.3 Å². The molecule has 1 N–H and O–H groups in total. The average Bonchev–Trinajstić information content (AvgIpc) is 2.48. The van der Waals surface area contributed by atoms with Gasteiger partial charge in [-0.15, -0.1) is 0 Å². The Kier molecular flexibility index (Phi) is 4.50. The van der Waals surface area contributed by atoms with Crippen molar-refractivity contribution < 1.29 is 4.74 Å². The first-order chi connectivity index (χ1) is 7.44. The van der Waals surface area contributed by atoms with Crippen LogP contribution in [0.15, 0.2) is 6.20 Å². The molecule has 0 spiro atoms. The van der Waals surface area contributed by atoms with Gasteiger partial charge in [-0.25, -0.2) is 4.98 Å². The first-order valence-corrected chi connectivity index (χ1v) is 5.73. The Bertz CT molecular complexity index is 325. The summed E-state index contributed by atoms with van der Waals surface area (Å²) in [6.45, 7) is 10.7. The van der Waals surface area contributed by atoms with Gasteiger partial charge in [-0.3, -0.25) is 0 Å². The highest BCUT2D eigenvalue weighted by molar-refractivity contribution is 5.04. The van der Waals surface area contributed by atoms with Gasteiger partial charge in [-0.05, 0) is 34.7 Å². The van der Waals surface area contributed by atoms with Gasteiger partial charge in [0.25, 0.3) is 0 Å². The number of nitrogens with one attached hydrogen (secondary N) is 1. The number of ether oxygens (including phenoxy) is 1. The highest BCUT2D eigenvalue weighted by Gasteiger charge is 2.11. The molecule has 1 aromatic rings. The maximum Gasteiger partial charge on any atom is 0.105 e. The largest absolute Gasteiger partial charge is 0.374 e. The van der Waals surface area contributed by atoms with Crippen molar-refractivity contribution >= 4 is 0 Å². The van der Waals surface area contributed by atoms with E-state index in [1.165, 1.54) is 5.69 Å².